The second-order valence-corrected chi connectivity index (χ2v) is 6.75. The van der Waals surface area contributed by atoms with Gasteiger partial charge >= 0.3 is 11.9 Å². The smallest absolute Gasteiger partial charge is 0.303 e. The third-order valence-corrected chi connectivity index (χ3v) is 4.26. The summed E-state index contributed by atoms with van der Waals surface area (Å²) in [6.07, 6.45) is 17.0. The van der Waals surface area contributed by atoms with Crippen LogP contribution in [0, 0.1) is 0 Å². The summed E-state index contributed by atoms with van der Waals surface area (Å²) in [6, 6.07) is 0. The van der Waals surface area contributed by atoms with Gasteiger partial charge in [-0.25, -0.2) is 0 Å². The number of aliphatic hydroxyl groups is 1. The number of rotatable bonds is 18. The molecule has 0 aliphatic rings. The van der Waals surface area contributed by atoms with Gasteiger partial charge in [-0.15, -0.1) is 0 Å². The minimum absolute atomic E-state index is 0.225. The first-order valence-corrected chi connectivity index (χ1v) is 9.79. The van der Waals surface area contributed by atoms with Gasteiger partial charge in [-0.3, -0.25) is 9.59 Å². The molecule has 0 aliphatic heterocycles. The second kappa shape index (κ2) is 17.5. The zero-order chi connectivity index (χ0) is 18.8. The summed E-state index contributed by atoms with van der Waals surface area (Å²) in [5.41, 5.74) is 0. The molecule has 5 nitrogen and oxygen atoms in total. The molecule has 0 radical (unpaired) electrons. The van der Waals surface area contributed by atoms with Gasteiger partial charge in [0.25, 0.3) is 0 Å². The topological polar surface area (TPSA) is 94.8 Å². The van der Waals surface area contributed by atoms with Gasteiger partial charge in [0.05, 0.1) is 6.10 Å². The van der Waals surface area contributed by atoms with Crippen LogP contribution in [0.4, 0.5) is 0 Å². The zero-order valence-corrected chi connectivity index (χ0v) is 15.5. The Labute approximate surface area is 152 Å². The molecule has 0 bridgehead atoms. The number of hydrogen-bond donors (Lipinski definition) is 3. The summed E-state index contributed by atoms with van der Waals surface area (Å²) in [4.78, 5) is 20.7. The maximum atomic E-state index is 10.4. The number of carbonyl (C=O) groups is 2. The molecular weight excluding hydrogens is 320 g/mol. The van der Waals surface area contributed by atoms with Crippen LogP contribution in [0.5, 0.6) is 0 Å². The van der Waals surface area contributed by atoms with E-state index in [4.69, 9.17) is 10.2 Å². The van der Waals surface area contributed by atoms with Crippen LogP contribution in [-0.2, 0) is 9.59 Å². The van der Waals surface area contributed by atoms with Crippen LogP contribution < -0.4 is 0 Å². The molecule has 0 aromatic carbocycles. The van der Waals surface area contributed by atoms with E-state index >= 15 is 0 Å². The van der Waals surface area contributed by atoms with E-state index in [0.717, 1.165) is 77.0 Å². The molecule has 0 saturated heterocycles. The van der Waals surface area contributed by atoms with E-state index in [2.05, 4.69) is 12.2 Å². The van der Waals surface area contributed by atoms with Gasteiger partial charge in [-0.2, -0.15) is 0 Å². The number of carboxylic acid groups (broad SMARTS) is 2. The normalized spacial score (nSPS) is 12.5. The summed E-state index contributed by atoms with van der Waals surface area (Å²) >= 11 is 0. The molecule has 0 fully saturated rings. The SMILES string of the molecule is O=C(O)CCCCCCCC=CCCCC(O)CCCCCC(=O)O. The molecule has 3 N–H and O–H groups in total. The maximum absolute atomic E-state index is 10.4. The summed E-state index contributed by atoms with van der Waals surface area (Å²) < 4.78 is 0. The highest BCUT2D eigenvalue weighted by atomic mass is 16.4. The lowest BCUT2D eigenvalue weighted by atomic mass is 10.0. The molecule has 0 amide bonds. The molecule has 0 rings (SSSR count). The van der Waals surface area contributed by atoms with Gasteiger partial charge in [0.15, 0.2) is 0 Å². The van der Waals surface area contributed by atoms with Crippen molar-refractivity contribution in [3.63, 3.8) is 0 Å². The van der Waals surface area contributed by atoms with Crippen molar-refractivity contribution in [3.8, 4) is 0 Å². The Bertz CT molecular complexity index is 365. The van der Waals surface area contributed by atoms with Gasteiger partial charge in [0.1, 0.15) is 0 Å². The molecule has 0 spiro atoms. The molecule has 0 aromatic rings. The van der Waals surface area contributed by atoms with Gasteiger partial charge in [-0.1, -0.05) is 44.3 Å². The largest absolute Gasteiger partial charge is 0.481 e. The molecule has 1 unspecified atom stereocenters. The van der Waals surface area contributed by atoms with Gasteiger partial charge in [0.2, 0.25) is 0 Å². The van der Waals surface area contributed by atoms with Crippen LogP contribution >= 0.6 is 0 Å². The number of carboxylic acids is 2. The number of aliphatic carboxylic acids is 2. The fourth-order valence-electron chi connectivity index (χ4n) is 2.75. The lowest BCUT2D eigenvalue weighted by Gasteiger charge is -2.09. The van der Waals surface area contributed by atoms with Crippen LogP contribution in [0.1, 0.15) is 96.3 Å². The molecule has 0 aliphatic carbocycles. The first-order valence-electron chi connectivity index (χ1n) is 9.79. The molecular formula is C20H36O5. The van der Waals surface area contributed by atoms with Crippen molar-refractivity contribution in [3.05, 3.63) is 12.2 Å². The molecule has 0 saturated carbocycles. The van der Waals surface area contributed by atoms with E-state index in [0.29, 0.717) is 6.42 Å². The lowest BCUT2D eigenvalue weighted by Crippen LogP contribution is -2.05. The number of aliphatic hydroxyl groups excluding tert-OH is 1. The summed E-state index contributed by atoms with van der Waals surface area (Å²) in [6.45, 7) is 0. The molecule has 0 aromatic heterocycles. The van der Waals surface area contributed by atoms with E-state index in [1.165, 1.54) is 0 Å². The molecule has 146 valence electrons. The first-order chi connectivity index (χ1) is 12.0. The Kier molecular flexibility index (Phi) is 16.5. The summed E-state index contributed by atoms with van der Waals surface area (Å²) in [5.74, 6) is -1.45. The lowest BCUT2D eigenvalue weighted by molar-refractivity contribution is -0.138. The Hall–Kier alpha value is -1.36. The Morgan fingerprint density at radius 1 is 0.640 bits per heavy atom. The zero-order valence-electron chi connectivity index (χ0n) is 15.5. The minimum atomic E-state index is -0.745. The van der Waals surface area contributed by atoms with Crippen molar-refractivity contribution >= 4 is 11.9 Å². The van der Waals surface area contributed by atoms with Crippen molar-refractivity contribution in [2.45, 2.75) is 102 Å². The van der Waals surface area contributed by atoms with Crippen LogP contribution in [0.25, 0.3) is 0 Å². The van der Waals surface area contributed by atoms with E-state index < -0.39 is 11.9 Å². The van der Waals surface area contributed by atoms with Crippen molar-refractivity contribution in [2.75, 3.05) is 0 Å². The highest BCUT2D eigenvalue weighted by Crippen LogP contribution is 2.12. The van der Waals surface area contributed by atoms with Gasteiger partial charge in [-0.05, 0) is 51.4 Å². The van der Waals surface area contributed by atoms with Crippen LogP contribution in [0.15, 0.2) is 12.2 Å². The summed E-state index contributed by atoms with van der Waals surface area (Å²) in [5, 5.41) is 26.9. The van der Waals surface area contributed by atoms with Crippen LogP contribution in [0.2, 0.25) is 0 Å². The summed E-state index contributed by atoms with van der Waals surface area (Å²) in [7, 11) is 0. The van der Waals surface area contributed by atoms with Crippen LogP contribution in [0.3, 0.4) is 0 Å². The fraction of sp³-hybridized carbons (Fsp3) is 0.800. The predicted octanol–water partition coefficient (Wildman–Crippen LogP) is 4.92. The maximum Gasteiger partial charge on any atom is 0.303 e. The average Bonchev–Trinajstić information content (AvgIpc) is 2.55. The minimum Gasteiger partial charge on any atom is -0.481 e. The third-order valence-electron chi connectivity index (χ3n) is 4.26. The monoisotopic (exact) mass is 356 g/mol. The molecule has 0 heterocycles. The van der Waals surface area contributed by atoms with E-state index in [9.17, 15) is 14.7 Å². The van der Waals surface area contributed by atoms with E-state index in [-0.39, 0.29) is 18.9 Å². The number of hydrogen-bond acceptors (Lipinski definition) is 3. The van der Waals surface area contributed by atoms with Crippen molar-refractivity contribution in [2.24, 2.45) is 0 Å². The Morgan fingerprint density at radius 2 is 1.08 bits per heavy atom. The van der Waals surface area contributed by atoms with E-state index in [1.807, 2.05) is 0 Å². The quantitative estimate of drug-likeness (QED) is 0.239. The van der Waals surface area contributed by atoms with E-state index in [1.54, 1.807) is 0 Å². The number of unbranched alkanes of at least 4 members (excludes halogenated alkanes) is 8. The highest BCUT2D eigenvalue weighted by Gasteiger charge is 2.03. The van der Waals surface area contributed by atoms with Crippen molar-refractivity contribution in [1.82, 2.24) is 0 Å². The second-order valence-electron chi connectivity index (χ2n) is 6.75. The highest BCUT2D eigenvalue weighted by molar-refractivity contribution is 5.66. The third kappa shape index (κ3) is 20.6. The average molecular weight is 357 g/mol. The molecule has 1 atom stereocenters. The van der Waals surface area contributed by atoms with Crippen molar-refractivity contribution < 1.29 is 24.9 Å². The van der Waals surface area contributed by atoms with Crippen molar-refractivity contribution in [1.29, 1.82) is 0 Å². The first kappa shape index (κ1) is 23.6. The Morgan fingerprint density at radius 3 is 1.68 bits per heavy atom. The van der Waals surface area contributed by atoms with Crippen LogP contribution in [-0.4, -0.2) is 33.4 Å². The number of allylic oxidation sites excluding steroid dienone is 2. The fourth-order valence-corrected chi connectivity index (χ4v) is 2.75. The van der Waals surface area contributed by atoms with Gasteiger partial charge < -0.3 is 15.3 Å². The van der Waals surface area contributed by atoms with Gasteiger partial charge in [0, 0.05) is 12.8 Å². The predicted molar refractivity (Wildman–Crippen MR) is 99.7 cm³/mol. The molecule has 5 heteroatoms. The Balaban J connectivity index is 3.28. The molecule has 25 heavy (non-hydrogen) atoms. The standard InChI is InChI=1S/C20H36O5/c21-18(15-11-9-13-17-20(24)25)14-10-7-5-3-1-2-4-6-8-12-16-19(22)23/h3,5,18,21H,1-2,4,6-17H2,(H,22,23)(H,24,25).